The first kappa shape index (κ1) is 16.4. The molecule has 0 radical (unpaired) electrons. The van der Waals surface area contributed by atoms with Crippen LogP contribution < -0.4 is 15.3 Å². The van der Waals surface area contributed by atoms with Gasteiger partial charge in [0.05, 0.1) is 0 Å². The van der Waals surface area contributed by atoms with Crippen LogP contribution >= 0.6 is 8.58 Å². The predicted molar refractivity (Wildman–Crippen MR) is 101 cm³/mol. The summed E-state index contributed by atoms with van der Waals surface area (Å²) in [5.74, 6) is 0.878. The predicted octanol–water partition coefficient (Wildman–Crippen LogP) is 4.02. The number of aryl methyl sites for hydroxylation is 1. The van der Waals surface area contributed by atoms with E-state index >= 15 is 0 Å². The van der Waals surface area contributed by atoms with Gasteiger partial charge in [0.25, 0.3) is 0 Å². The monoisotopic (exact) mass is 334 g/mol. The maximum Gasteiger partial charge on any atom is 0.150 e. The number of benzene rings is 3. The van der Waals surface area contributed by atoms with Gasteiger partial charge in [-0.15, -0.1) is 0 Å². The van der Waals surface area contributed by atoms with Crippen LogP contribution in [0.4, 0.5) is 0 Å². The Morgan fingerprint density at radius 1 is 0.917 bits per heavy atom. The molecule has 2 nitrogen and oxygen atoms in total. The van der Waals surface area contributed by atoms with Crippen LogP contribution in [0.3, 0.4) is 0 Å². The molecule has 3 aromatic rings. The quantitative estimate of drug-likeness (QED) is 0.503. The summed E-state index contributed by atoms with van der Waals surface area (Å²) in [6.45, 7) is 2.61. The minimum atomic E-state index is 0.389. The summed E-state index contributed by atoms with van der Waals surface area (Å²) in [6.07, 6.45) is 0.919. The molecule has 0 aliphatic rings. The third-order valence-electron chi connectivity index (χ3n) is 3.73. The van der Waals surface area contributed by atoms with Gasteiger partial charge >= 0.3 is 0 Å². The van der Waals surface area contributed by atoms with E-state index in [0.29, 0.717) is 15.2 Å². The van der Waals surface area contributed by atoms with Crippen LogP contribution in [-0.4, -0.2) is 6.29 Å². The highest BCUT2D eigenvalue weighted by Crippen LogP contribution is 2.22. The van der Waals surface area contributed by atoms with E-state index in [9.17, 15) is 4.79 Å². The average molecular weight is 334 g/mol. The molecule has 0 fully saturated rings. The lowest BCUT2D eigenvalue weighted by Gasteiger charge is -2.13. The van der Waals surface area contributed by atoms with E-state index in [1.165, 1.54) is 5.56 Å². The normalized spacial score (nSPS) is 10.9. The van der Waals surface area contributed by atoms with Crippen LogP contribution in [0.1, 0.15) is 21.5 Å². The standard InChI is InChI=1S/C21H19O2P/c1-16-11-12-19(23-15-17-7-3-2-4-8-17)21(13-16)24-20-10-6-5-9-18(20)14-22/h2-14,24H,15H2,1H3. The van der Waals surface area contributed by atoms with Crippen LogP contribution in [0.5, 0.6) is 5.75 Å². The molecule has 3 heteroatoms. The Kier molecular flexibility index (Phi) is 5.40. The van der Waals surface area contributed by atoms with Gasteiger partial charge < -0.3 is 4.74 Å². The van der Waals surface area contributed by atoms with E-state index in [1.54, 1.807) is 0 Å². The van der Waals surface area contributed by atoms with E-state index in [1.807, 2.05) is 48.5 Å². The molecular formula is C21H19O2P. The summed E-state index contributed by atoms with van der Waals surface area (Å²) >= 11 is 0. The fourth-order valence-corrected chi connectivity index (χ4v) is 3.80. The Bertz CT molecular complexity index is 828. The number of rotatable bonds is 6. The largest absolute Gasteiger partial charge is 0.488 e. The van der Waals surface area contributed by atoms with Crippen molar-refractivity contribution >= 4 is 25.5 Å². The van der Waals surface area contributed by atoms with Crippen molar-refractivity contribution in [1.82, 2.24) is 0 Å². The molecule has 0 heterocycles. The number of carbonyl (C=O) groups is 1. The van der Waals surface area contributed by atoms with Gasteiger partial charge in [-0.2, -0.15) is 0 Å². The van der Waals surface area contributed by atoms with Gasteiger partial charge in [0.2, 0.25) is 0 Å². The maximum absolute atomic E-state index is 11.3. The number of carbonyl (C=O) groups excluding carboxylic acids is 1. The fourth-order valence-electron chi connectivity index (χ4n) is 2.46. The SMILES string of the molecule is Cc1ccc(OCc2ccccc2)c(Pc2ccccc2C=O)c1. The number of ether oxygens (including phenoxy) is 1. The molecule has 120 valence electrons. The molecule has 1 atom stereocenters. The van der Waals surface area contributed by atoms with Gasteiger partial charge in [-0.25, -0.2) is 0 Å². The molecular weight excluding hydrogens is 315 g/mol. The van der Waals surface area contributed by atoms with Crippen molar-refractivity contribution in [2.75, 3.05) is 0 Å². The lowest BCUT2D eigenvalue weighted by molar-refractivity contribution is 0.112. The number of aldehydes is 1. The van der Waals surface area contributed by atoms with Gasteiger partial charge in [-0.1, -0.05) is 74.8 Å². The minimum absolute atomic E-state index is 0.389. The molecule has 0 aliphatic heterocycles. The molecule has 0 saturated heterocycles. The number of hydrogen-bond acceptors (Lipinski definition) is 2. The van der Waals surface area contributed by atoms with Crippen molar-refractivity contribution in [1.29, 1.82) is 0 Å². The number of hydrogen-bond donors (Lipinski definition) is 0. The van der Waals surface area contributed by atoms with Gasteiger partial charge in [0.15, 0.2) is 6.29 Å². The molecule has 0 amide bonds. The molecule has 3 aromatic carbocycles. The minimum Gasteiger partial charge on any atom is -0.488 e. The zero-order valence-corrected chi connectivity index (χ0v) is 14.5. The average Bonchev–Trinajstić information content (AvgIpc) is 2.62. The summed E-state index contributed by atoms with van der Waals surface area (Å²) in [5.41, 5.74) is 3.07. The van der Waals surface area contributed by atoms with Crippen LogP contribution in [0.25, 0.3) is 0 Å². The topological polar surface area (TPSA) is 26.3 Å². The van der Waals surface area contributed by atoms with Gasteiger partial charge in [-0.05, 0) is 29.9 Å². The molecule has 0 aliphatic carbocycles. The third-order valence-corrected chi connectivity index (χ3v) is 5.11. The zero-order valence-electron chi connectivity index (χ0n) is 13.5. The van der Waals surface area contributed by atoms with Crippen molar-refractivity contribution in [3.05, 3.63) is 89.5 Å². The summed E-state index contributed by atoms with van der Waals surface area (Å²) < 4.78 is 6.04. The smallest absolute Gasteiger partial charge is 0.150 e. The Labute approximate surface area is 144 Å². The first-order chi connectivity index (χ1) is 11.8. The van der Waals surface area contributed by atoms with Crippen LogP contribution in [0.2, 0.25) is 0 Å². The van der Waals surface area contributed by atoms with E-state index < -0.39 is 0 Å². The molecule has 0 aromatic heterocycles. The molecule has 0 spiro atoms. The Balaban J connectivity index is 1.84. The van der Waals surface area contributed by atoms with E-state index in [-0.39, 0.29) is 0 Å². The van der Waals surface area contributed by atoms with Crippen LogP contribution in [-0.2, 0) is 6.61 Å². The van der Waals surface area contributed by atoms with Crippen molar-refractivity contribution < 1.29 is 9.53 Å². The lowest BCUT2D eigenvalue weighted by Crippen LogP contribution is -2.12. The summed E-state index contributed by atoms with van der Waals surface area (Å²) in [5, 5.41) is 2.17. The second kappa shape index (κ2) is 7.90. The van der Waals surface area contributed by atoms with Crippen LogP contribution in [0, 0.1) is 6.92 Å². The first-order valence-electron chi connectivity index (χ1n) is 7.85. The highest BCUT2D eigenvalue weighted by molar-refractivity contribution is 7.56. The van der Waals surface area contributed by atoms with Crippen LogP contribution in [0.15, 0.2) is 72.8 Å². The van der Waals surface area contributed by atoms with Crippen molar-refractivity contribution in [2.45, 2.75) is 13.5 Å². The van der Waals surface area contributed by atoms with E-state index in [4.69, 9.17) is 4.74 Å². The summed E-state index contributed by atoms with van der Waals surface area (Å²) in [4.78, 5) is 11.3. The highest BCUT2D eigenvalue weighted by Gasteiger charge is 2.08. The van der Waals surface area contributed by atoms with Crippen molar-refractivity contribution in [2.24, 2.45) is 0 Å². The first-order valence-corrected chi connectivity index (χ1v) is 8.85. The fraction of sp³-hybridized carbons (Fsp3) is 0.0952. The molecule has 24 heavy (non-hydrogen) atoms. The summed E-state index contributed by atoms with van der Waals surface area (Å²) in [7, 11) is 0.389. The van der Waals surface area contributed by atoms with Crippen molar-refractivity contribution in [3.63, 3.8) is 0 Å². The second-order valence-corrected chi connectivity index (χ2v) is 6.93. The maximum atomic E-state index is 11.3. The molecule has 0 N–H and O–H groups in total. The van der Waals surface area contributed by atoms with E-state index in [0.717, 1.165) is 33.8 Å². The Morgan fingerprint density at radius 2 is 1.67 bits per heavy atom. The third kappa shape index (κ3) is 4.10. The highest BCUT2D eigenvalue weighted by atomic mass is 31.1. The second-order valence-electron chi connectivity index (χ2n) is 5.60. The molecule has 0 bridgehead atoms. The summed E-state index contributed by atoms with van der Waals surface area (Å²) in [6, 6.07) is 24.1. The molecule has 3 rings (SSSR count). The Morgan fingerprint density at radius 3 is 2.46 bits per heavy atom. The Hall–Kier alpha value is -2.44. The molecule has 0 saturated carbocycles. The zero-order chi connectivity index (χ0) is 16.8. The lowest BCUT2D eigenvalue weighted by atomic mass is 10.2. The van der Waals surface area contributed by atoms with Gasteiger partial charge in [0, 0.05) is 10.9 Å². The van der Waals surface area contributed by atoms with Crippen molar-refractivity contribution in [3.8, 4) is 5.75 Å². The molecule has 1 unspecified atom stereocenters. The van der Waals surface area contributed by atoms with Gasteiger partial charge in [-0.3, -0.25) is 4.79 Å². The van der Waals surface area contributed by atoms with E-state index in [2.05, 4.69) is 31.2 Å². The van der Waals surface area contributed by atoms with Gasteiger partial charge in [0.1, 0.15) is 12.4 Å².